The third kappa shape index (κ3) is 3.86. The van der Waals surface area contributed by atoms with Gasteiger partial charge in [-0.15, -0.1) is 0 Å². The van der Waals surface area contributed by atoms with Crippen LogP contribution in [-0.4, -0.2) is 20.6 Å². The van der Waals surface area contributed by atoms with E-state index in [9.17, 15) is 0 Å². The first kappa shape index (κ1) is 13.6. The van der Waals surface area contributed by atoms with Crippen molar-refractivity contribution < 1.29 is 14.2 Å². The smallest absolute Gasteiger partial charge is 0.218 e. The molecule has 0 unspecified atom stereocenters. The molecule has 0 heterocycles. The first-order chi connectivity index (χ1) is 8.71. The average Bonchev–Trinajstić information content (AvgIpc) is 2.38. The molecule has 0 amide bonds. The summed E-state index contributed by atoms with van der Waals surface area (Å²) >= 11 is 0. The predicted molar refractivity (Wildman–Crippen MR) is 70.5 cm³/mol. The molecule has 2 N–H and O–H groups in total. The Hall–Kier alpha value is -2.43. The van der Waals surface area contributed by atoms with Crippen molar-refractivity contribution >= 4 is 6.34 Å². The van der Waals surface area contributed by atoms with Crippen LogP contribution in [0.5, 0.6) is 11.5 Å². The van der Waals surface area contributed by atoms with Gasteiger partial charge in [0.2, 0.25) is 5.88 Å². The fourth-order valence-corrected chi connectivity index (χ4v) is 1.23. The molecule has 0 spiro atoms. The van der Waals surface area contributed by atoms with Gasteiger partial charge in [0.25, 0.3) is 0 Å². The zero-order valence-electron chi connectivity index (χ0n) is 10.4. The summed E-state index contributed by atoms with van der Waals surface area (Å²) in [6, 6.07) is 7.26. The number of hydrogen-bond donors (Lipinski definition) is 1. The summed E-state index contributed by atoms with van der Waals surface area (Å²) in [6.07, 6.45) is 2.65. The standard InChI is InChI=1S/C13H16N2O3/c1-10(8-13(17-3)15-9-14)18-12-7-5-4-6-11(12)16-2/h4-9H,1H2,2-3H3,(H2,14,15)/b13-8+. The Balaban J connectivity index is 2.81. The Kier molecular flexibility index (Phi) is 5.31. The lowest BCUT2D eigenvalue weighted by Crippen LogP contribution is -1.97. The minimum absolute atomic E-state index is 0.303. The second-order valence-electron chi connectivity index (χ2n) is 3.18. The highest BCUT2D eigenvalue weighted by Gasteiger charge is 2.04. The molecular formula is C13H16N2O3. The Bertz CT molecular complexity index is 467. The first-order valence-electron chi connectivity index (χ1n) is 5.21. The molecule has 96 valence electrons. The van der Waals surface area contributed by atoms with E-state index in [4.69, 9.17) is 19.9 Å². The topological polar surface area (TPSA) is 66.1 Å². The van der Waals surface area contributed by atoms with Gasteiger partial charge >= 0.3 is 0 Å². The quantitative estimate of drug-likeness (QED) is 0.362. The highest BCUT2D eigenvalue weighted by Crippen LogP contribution is 2.27. The maximum absolute atomic E-state index is 5.52. The van der Waals surface area contributed by atoms with E-state index in [1.54, 1.807) is 19.2 Å². The zero-order chi connectivity index (χ0) is 13.4. The number of aliphatic imine (C=N–C) groups is 1. The number of benzene rings is 1. The van der Waals surface area contributed by atoms with Gasteiger partial charge in [-0.2, -0.15) is 0 Å². The number of allylic oxidation sites excluding steroid dienone is 1. The summed E-state index contributed by atoms with van der Waals surface area (Å²) in [4.78, 5) is 3.79. The van der Waals surface area contributed by atoms with E-state index in [1.807, 2.05) is 12.1 Å². The molecule has 0 aliphatic heterocycles. The van der Waals surface area contributed by atoms with E-state index in [0.29, 0.717) is 23.1 Å². The van der Waals surface area contributed by atoms with Crippen molar-refractivity contribution in [1.82, 2.24) is 0 Å². The monoisotopic (exact) mass is 248 g/mol. The van der Waals surface area contributed by atoms with Crippen molar-refractivity contribution in [3.63, 3.8) is 0 Å². The summed E-state index contributed by atoms with van der Waals surface area (Å²) in [5, 5.41) is 0. The number of rotatable bonds is 6. The number of hydrogen-bond acceptors (Lipinski definition) is 4. The number of nitrogens with two attached hydrogens (primary N) is 1. The molecule has 5 heteroatoms. The second-order valence-corrected chi connectivity index (χ2v) is 3.18. The van der Waals surface area contributed by atoms with E-state index >= 15 is 0 Å². The van der Waals surface area contributed by atoms with Crippen LogP contribution in [0.25, 0.3) is 0 Å². The van der Waals surface area contributed by atoms with Gasteiger partial charge in [-0.1, -0.05) is 18.7 Å². The molecule has 0 saturated carbocycles. The van der Waals surface area contributed by atoms with Crippen LogP contribution in [0.2, 0.25) is 0 Å². The number of para-hydroxylation sites is 2. The summed E-state index contributed by atoms with van der Waals surface area (Å²) in [7, 11) is 3.05. The second kappa shape index (κ2) is 7.01. The summed E-state index contributed by atoms with van der Waals surface area (Å²) < 4.78 is 15.6. The highest BCUT2D eigenvalue weighted by molar-refractivity contribution is 5.53. The van der Waals surface area contributed by atoms with Crippen molar-refractivity contribution in [2.75, 3.05) is 14.2 Å². The van der Waals surface area contributed by atoms with E-state index in [2.05, 4.69) is 11.6 Å². The molecule has 1 aromatic carbocycles. The molecule has 0 fully saturated rings. The van der Waals surface area contributed by atoms with Gasteiger partial charge in [0, 0.05) is 6.08 Å². The van der Waals surface area contributed by atoms with Crippen molar-refractivity contribution in [3.05, 3.63) is 48.6 Å². The minimum atomic E-state index is 0.303. The van der Waals surface area contributed by atoms with Gasteiger partial charge in [0.05, 0.1) is 20.6 Å². The number of nitrogens with zero attached hydrogens (tertiary/aromatic N) is 1. The number of ether oxygens (including phenoxy) is 3. The molecule has 0 bridgehead atoms. The molecule has 0 saturated heterocycles. The van der Waals surface area contributed by atoms with Crippen LogP contribution in [0.3, 0.4) is 0 Å². The van der Waals surface area contributed by atoms with Crippen LogP contribution < -0.4 is 15.2 Å². The van der Waals surface area contributed by atoms with Gasteiger partial charge in [0.1, 0.15) is 5.76 Å². The van der Waals surface area contributed by atoms with Crippen molar-refractivity contribution in [1.29, 1.82) is 0 Å². The average molecular weight is 248 g/mol. The fraction of sp³-hybridized carbons (Fsp3) is 0.154. The van der Waals surface area contributed by atoms with Gasteiger partial charge in [0.15, 0.2) is 11.5 Å². The van der Waals surface area contributed by atoms with E-state index < -0.39 is 0 Å². The maximum Gasteiger partial charge on any atom is 0.218 e. The van der Waals surface area contributed by atoms with Crippen LogP contribution in [0, 0.1) is 0 Å². The van der Waals surface area contributed by atoms with E-state index in [1.165, 1.54) is 13.2 Å². The molecule has 18 heavy (non-hydrogen) atoms. The lowest BCUT2D eigenvalue weighted by Gasteiger charge is -2.10. The Morgan fingerprint density at radius 1 is 1.28 bits per heavy atom. The van der Waals surface area contributed by atoms with Gasteiger partial charge in [-0.25, -0.2) is 4.99 Å². The molecule has 0 aliphatic rings. The van der Waals surface area contributed by atoms with Crippen LogP contribution in [-0.2, 0) is 4.74 Å². The maximum atomic E-state index is 5.52. The third-order valence-corrected chi connectivity index (χ3v) is 2.01. The summed E-state index contributed by atoms with van der Waals surface area (Å²) in [6.45, 7) is 3.75. The van der Waals surface area contributed by atoms with E-state index in [0.717, 1.165) is 6.34 Å². The van der Waals surface area contributed by atoms with Crippen molar-refractivity contribution in [2.45, 2.75) is 0 Å². The van der Waals surface area contributed by atoms with Crippen LogP contribution in [0.1, 0.15) is 0 Å². The normalized spacial score (nSPS) is 11.3. The van der Waals surface area contributed by atoms with Crippen LogP contribution >= 0.6 is 0 Å². The Labute approximate surface area is 106 Å². The van der Waals surface area contributed by atoms with Gasteiger partial charge < -0.3 is 19.9 Å². The Morgan fingerprint density at radius 3 is 2.50 bits per heavy atom. The van der Waals surface area contributed by atoms with Crippen LogP contribution in [0.4, 0.5) is 0 Å². The summed E-state index contributed by atoms with van der Waals surface area (Å²) in [5.74, 6) is 1.85. The molecular weight excluding hydrogens is 232 g/mol. The molecule has 5 nitrogen and oxygen atoms in total. The molecule has 0 aliphatic carbocycles. The van der Waals surface area contributed by atoms with Crippen molar-refractivity contribution in [3.8, 4) is 11.5 Å². The largest absolute Gasteiger partial charge is 0.493 e. The Morgan fingerprint density at radius 2 is 1.94 bits per heavy atom. The summed E-state index contributed by atoms with van der Waals surface area (Å²) in [5.41, 5.74) is 5.18. The number of methoxy groups -OCH3 is 2. The molecule has 1 rings (SSSR count). The lowest BCUT2D eigenvalue weighted by atomic mass is 10.3. The molecule has 0 aromatic heterocycles. The predicted octanol–water partition coefficient (Wildman–Crippen LogP) is 2.06. The first-order valence-corrected chi connectivity index (χ1v) is 5.21. The molecule has 0 atom stereocenters. The zero-order valence-corrected chi connectivity index (χ0v) is 10.4. The minimum Gasteiger partial charge on any atom is -0.493 e. The molecule has 0 radical (unpaired) electrons. The highest BCUT2D eigenvalue weighted by atomic mass is 16.5. The SMILES string of the molecule is C=C(/C=C(\N=C/N)OC)Oc1ccccc1OC. The lowest BCUT2D eigenvalue weighted by molar-refractivity contribution is 0.285. The third-order valence-electron chi connectivity index (χ3n) is 2.01. The van der Waals surface area contributed by atoms with E-state index in [-0.39, 0.29) is 0 Å². The fourth-order valence-electron chi connectivity index (χ4n) is 1.23. The van der Waals surface area contributed by atoms with Gasteiger partial charge in [-0.05, 0) is 12.1 Å². The van der Waals surface area contributed by atoms with Crippen LogP contribution in [0.15, 0.2) is 53.6 Å². The molecule has 1 aromatic rings. The van der Waals surface area contributed by atoms with Gasteiger partial charge in [-0.3, -0.25) is 0 Å². The van der Waals surface area contributed by atoms with Crippen molar-refractivity contribution in [2.24, 2.45) is 10.7 Å².